The van der Waals surface area contributed by atoms with Crippen LogP contribution in [-0.2, 0) is 0 Å². The Morgan fingerprint density at radius 2 is 2.06 bits per heavy atom. The molecule has 90 valence electrons. The molecule has 0 saturated carbocycles. The van der Waals surface area contributed by atoms with E-state index < -0.39 is 6.36 Å². The summed E-state index contributed by atoms with van der Waals surface area (Å²) in [5, 5.41) is -0.0813. The van der Waals surface area contributed by atoms with Gasteiger partial charge in [0.2, 0.25) is 0 Å². The van der Waals surface area contributed by atoms with Crippen LogP contribution in [-0.4, -0.2) is 11.3 Å². The van der Waals surface area contributed by atoms with E-state index in [1.807, 2.05) is 0 Å². The van der Waals surface area contributed by atoms with Crippen LogP contribution in [0.15, 0.2) is 34.9 Å². The molecule has 2 rings (SSSR count). The van der Waals surface area contributed by atoms with Gasteiger partial charge >= 0.3 is 6.36 Å². The fourth-order valence-electron chi connectivity index (χ4n) is 1.23. The summed E-state index contributed by atoms with van der Waals surface area (Å²) in [5.41, 5.74) is 0.395. The molecule has 0 atom stereocenters. The molecule has 0 fully saturated rings. The van der Waals surface area contributed by atoms with Crippen molar-refractivity contribution >= 4 is 11.6 Å². The molecule has 0 saturated heterocycles. The van der Waals surface area contributed by atoms with Gasteiger partial charge in [0.25, 0.3) is 5.35 Å². The smallest absolute Gasteiger partial charge is 0.428 e. The third-order valence-electron chi connectivity index (χ3n) is 1.83. The number of rotatable bonds is 2. The van der Waals surface area contributed by atoms with Crippen molar-refractivity contribution in [2.24, 2.45) is 0 Å². The highest BCUT2D eigenvalue weighted by atomic mass is 35.5. The Labute approximate surface area is 98.8 Å². The minimum atomic E-state index is -4.72. The van der Waals surface area contributed by atoms with Gasteiger partial charge in [-0.3, -0.25) is 0 Å². The lowest BCUT2D eigenvalue weighted by Gasteiger charge is -2.08. The minimum Gasteiger partial charge on any atom is -0.428 e. The number of halogens is 4. The summed E-state index contributed by atoms with van der Waals surface area (Å²) in [6, 6.07) is 5.34. The lowest BCUT2D eigenvalue weighted by molar-refractivity contribution is -0.274. The molecule has 0 bridgehead atoms. The molecule has 1 aromatic heterocycles. The molecular weight excluding hydrogens is 259 g/mol. The van der Waals surface area contributed by atoms with Crippen molar-refractivity contribution in [3.63, 3.8) is 0 Å². The zero-order chi connectivity index (χ0) is 12.5. The van der Waals surface area contributed by atoms with E-state index in [0.29, 0.717) is 5.56 Å². The SMILES string of the molecule is FC(F)(F)Oc1cccc(-c2cnc(Cl)o2)c1. The quantitative estimate of drug-likeness (QED) is 0.824. The van der Waals surface area contributed by atoms with Gasteiger partial charge in [0, 0.05) is 5.56 Å². The molecular formula is C10H5ClF3NO2. The van der Waals surface area contributed by atoms with E-state index in [1.165, 1.54) is 24.4 Å². The fraction of sp³-hybridized carbons (Fsp3) is 0.100. The molecule has 7 heteroatoms. The molecule has 0 radical (unpaired) electrons. The molecule has 1 aromatic carbocycles. The second kappa shape index (κ2) is 4.29. The number of oxazole rings is 1. The van der Waals surface area contributed by atoms with Gasteiger partial charge in [-0.05, 0) is 23.7 Å². The molecule has 0 N–H and O–H groups in total. The Bertz CT molecular complexity index is 524. The monoisotopic (exact) mass is 263 g/mol. The van der Waals surface area contributed by atoms with E-state index in [2.05, 4.69) is 9.72 Å². The molecule has 3 nitrogen and oxygen atoms in total. The van der Waals surface area contributed by atoms with Crippen molar-refractivity contribution in [1.29, 1.82) is 0 Å². The largest absolute Gasteiger partial charge is 0.573 e. The van der Waals surface area contributed by atoms with Crippen LogP contribution in [0.3, 0.4) is 0 Å². The van der Waals surface area contributed by atoms with Crippen LogP contribution in [0.25, 0.3) is 11.3 Å². The third kappa shape index (κ3) is 3.13. The van der Waals surface area contributed by atoms with Gasteiger partial charge in [-0.2, -0.15) is 0 Å². The van der Waals surface area contributed by atoms with Crippen molar-refractivity contribution < 1.29 is 22.3 Å². The first-order valence-corrected chi connectivity index (χ1v) is 4.79. The first-order chi connectivity index (χ1) is 7.94. The van der Waals surface area contributed by atoms with E-state index in [1.54, 1.807) is 6.07 Å². The van der Waals surface area contributed by atoms with Crippen molar-refractivity contribution in [2.75, 3.05) is 0 Å². The Morgan fingerprint density at radius 1 is 1.29 bits per heavy atom. The first-order valence-electron chi connectivity index (χ1n) is 4.41. The summed E-state index contributed by atoms with van der Waals surface area (Å²) >= 11 is 5.47. The summed E-state index contributed by atoms with van der Waals surface area (Å²) in [7, 11) is 0. The molecule has 0 aliphatic heterocycles. The van der Waals surface area contributed by atoms with E-state index in [0.717, 1.165) is 0 Å². The zero-order valence-electron chi connectivity index (χ0n) is 8.16. The number of hydrogen-bond donors (Lipinski definition) is 0. The van der Waals surface area contributed by atoms with Gasteiger partial charge < -0.3 is 9.15 Å². The molecule has 0 spiro atoms. The van der Waals surface area contributed by atoms with Crippen molar-refractivity contribution in [3.05, 3.63) is 35.8 Å². The average Bonchev–Trinajstić information content (AvgIpc) is 2.63. The summed E-state index contributed by atoms with van der Waals surface area (Å²) in [6.45, 7) is 0. The fourth-order valence-corrected chi connectivity index (χ4v) is 1.36. The molecule has 0 unspecified atom stereocenters. The number of nitrogens with zero attached hydrogens (tertiary/aromatic N) is 1. The summed E-state index contributed by atoms with van der Waals surface area (Å²) < 4.78 is 44.7. The highest BCUT2D eigenvalue weighted by molar-refractivity contribution is 6.27. The van der Waals surface area contributed by atoms with Crippen LogP contribution in [0, 0.1) is 0 Å². The lowest BCUT2D eigenvalue weighted by atomic mass is 10.2. The predicted octanol–water partition coefficient (Wildman–Crippen LogP) is 3.89. The second-order valence-electron chi connectivity index (χ2n) is 3.05. The molecule has 0 aliphatic rings. The van der Waals surface area contributed by atoms with Crippen LogP contribution in [0.4, 0.5) is 13.2 Å². The van der Waals surface area contributed by atoms with Crippen molar-refractivity contribution in [2.45, 2.75) is 6.36 Å². The number of aromatic nitrogens is 1. The summed E-state index contributed by atoms with van der Waals surface area (Å²) in [5.74, 6) is -0.0647. The maximum absolute atomic E-state index is 12.0. The summed E-state index contributed by atoms with van der Waals surface area (Å²) in [6.07, 6.45) is -3.41. The van der Waals surface area contributed by atoms with Crippen LogP contribution in [0.2, 0.25) is 5.35 Å². The minimum absolute atomic E-state index is 0.0813. The van der Waals surface area contributed by atoms with Gasteiger partial charge in [-0.25, -0.2) is 4.98 Å². The number of alkyl halides is 3. The first kappa shape index (κ1) is 11.8. The van der Waals surface area contributed by atoms with Crippen LogP contribution < -0.4 is 4.74 Å². The van der Waals surface area contributed by atoms with Crippen LogP contribution >= 0.6 is 11.6 Å². The molecule has 17 heavy (non-hydrogen) atoms. The van der Waals surface area contributed by atoms with Gasteiger partial charge in [-0.1, -0.05) is 12.1 Å². The molecule has 0 aliphatic carbocycles. The summed E-state index contributed by atoms with van der Waals surface area (Å²) in [4.78, 5) is 3.63. The van der Waals surface area contributed by atoms with E-state index in [9.17, 15) is 13.2 Å². The van der Waals surface area contributed by atoms with E-state index >= 15 is 0 Å². The molecule has 1 heterocycles. The highest BCUT2D eigenvalue weighted by Crippen LogP contribution is 2.28. The normalized spacial score (nSPS) is 11.5. The van der Waals surface area contributed by atoms with Gasteiger partial charge in [0.1, 0.15) is 5.75 Å². The molecule has 2 aromatic rings. The van der Waals surface area contributed by atoms with Crippen molar-refractivity contribution in [1.82, 2.24) is 4.98 Å². The zero-order valence-corrected chi connectivity index (χ0v) is 8.92. The Hall–Kier alpha value is -1.69. The number of hydrogen-bond acceptors (Lipinski definition) is 3. The predicted molar refractivity (Wildman–Crippen MR) is 53.6 cm³/mol. The topological polar surface area (TPSA) is 35.3 Å². The second-order valence-corrected chi connectivity index (χ2v) is 3.38. The Balaban J connectivity index is 2.29. The third-order valence-corrected chi connectivity index (χ3v) is 2.00. The van der Waals surface area contributed by atoms with Gasteiger partial charge in [-0.15, -0.1) is 13.2 Å². The highest BCUT2D eigenvalue weighted by Gasteiger charge is 2.31. The maximum atomic E-state index is 12.0. The van der Waals surface area contributed by atoms with Gasteiger partial charge in [0.15, 0.2) is 5.76 Å². The van der Waals surface area contributed by atoms with E-state index in [4.69, 9.17) is 16.0 Å². The van der Waals surface area contributed by atoms with Gasteiger partial charge in [0.05, 0.1) is 6.20 Å². The standard InChI is InChI=1S/C10H5ClF3NO2/c11-9-15-5-8(16-9)6-2-1-3-7(4-6)17-10(12,13)14/h1-5H. The number of ether oxygens (including phenoxy) is 1. The van der Waals surface area contributed by atoms with Crippen molar-refractivity contribution in [3.8, 4) is 17.1 Å². The lowest BCUT2D eigenvalue weighted by Crippen LogP contribution is -2.17. The maximum Gasteiger partial charge on any atom is 0.573 e. The Morgan fingerprint density at radius 3 is 2.65 bits per heavy atom. The van der Waals surface area contributed by atoms with Crippen LogP contribution in [0.1, 0.15) is 0 Å². The van der Waals surface area contributed by atoms with Crippen LogP contribution in [0.5, 0.6) is 5.75 Å². The number of benzene rings is 1. The molecule has 0 amide bonds. The van der Waals surface area contributed by atoms with E-state index in [-0.39, 0.29) is 16.9 Å². The Kier molecular flexibility index (Phi) is 2.97. The average molecular weight is 264 g/mol.